The zero-order valence-electron chi connectivity index (χ0n) is 13.6. The number of amides is 2. The molecule has 0 saturated carbocycles. The van der Waals surface area contributed by atoms with Crippen molar-refractivity contribution in [2.75, 3.05) is 11.9 Å². The molecule has 0 fully saturated rings. The number of nitrogens with one attached hydrogen (secondary N) is 2. The van der Waals surface area contributed by atoms with E-state index in [2.05, 4.69) is 10.4 Å². The van der Waals surface area contributed by atoms with Crippen molar-refractivity contribution in [3.63, 3.8) is 0 Å². The lowest BCUT2D eigenvalue weighted by Crippen LogP contribution is -2.32. The number of para-hydroxylation sites is 1. The van der Waals surface area contributed by atoms with E-state index in [4.69, 9.17) is 33.0 Å². The van der Waals surface area contributed by atoms with E-state index in [1.807, 2.05) is 5.43 Å². The monoisotopic (exact) mass is 409 g/mol. The van der Waals surface area contributed by atoms with Crippen LogP contribution < -0.4 is 15.5 Å². The Morgan fingerprint density at radius 1 is 1.11 bits per heavy atom. The minimum atomic E-state index is -1.16. The number of rotatable bonds is 6. The van der Waals surface area contributed by atoms with Crippen molar-refractivity contribution < 1.29 is 24.2 Å². The molecule has 0 aromatic heterocycles. The van der Waals surface area contributed by atoms with Gasteiger partial charge in [-0.3, -0.25) is 9.59 Å². The molecular formula is C17H13Cl2N3O5. The fourth-order valence-electron chi connectivity index (χ4n) is 1.84. The van der Waals surface area contributed by atoms with Gasteiger partial charge in [-0.25, -0.2) is 10.2 Å². The smallest absolute Gasteiger partial charge is 0.341 e. The molecule has 3 N–H and O–H groups in total. The maximum atomic E-state index is 11.8. The average molecular weight is 410 g/mol. The first-order valence-corrected chi connectivity index (χ1v) is 8.15. The van der Waals surface area contributed by atoms with E-state index in [0.29, 0.717) is 10.6 Å². The molecule has 0 heterocycles. The lowest BCUT2D eigenvalue weighted by Gasteiger charge is -2.07. The number of carboxylic acid groups (broad SMARTS) is 1. The van der Waals surface area contributed by atoms with Crippen LogP contribution in [0.3, 0.4) is 0 Å². The van der Waals surface area contributed by atoms with Gasteiger partial charge in [0.15, 0.2) is 6.61 Å². The first kappa shape index (κ1) is 20.2. The van der Waals surface area contributed by atoms with Crippen LogP contribution in [0.25, 0.3) is 0 Å². The van der Waals surface area contributed by atoms with Gasteiger partial charge in [0.25, 0.3) is 0 Å². The van der Waals surface area contributed by atoms with Crippen molar-refractivity contribution in [2.45, 2.75) is 0 Å². The van der Waals surface area contributed by atoms with Crippen LogP contribution in [0.5, 0.6) is 5.75 Å². The number of hydrazone groups is 1. The zero-order chi connectivity index (χ0) is 19.8. The number of carboxylic acids is 1. The predicted octanol–water partition coefficient (Wildman–Crippen LogP) is 2.55. The third-order valence-electron chi connectivity index (χ3n) is 3.02. The van der Waals surface area contributed by atoms with E-state index in [9.17, 15) is 14.4 Å². The zero-order valence-corrected chi connectivity index (χ0v) is 15.1. The van der Waals surface area contributed by atoms with E-state index < -0.39 is 24.4 Å². The summed E-state index contributed by atoms with van der Waals surface area (Å²) >= 11 is 11.8. The van der Waals surface area contributed by atoms with Gasteiger partial charge >= 0.3 is 17.8 Å². The first-order valence-electron chi connectivity index (χ1n) is 7.40. The average Bonchev–Trinajstić information content (AvgIpc) is 2.62. The van der Waals surface area contributed by atoms with E-state index >= 15 is 0 Å². The molecule has 2 rings (SSSR count). The molecule has 8 nitrogen and oxygen atoms in total. The molecular weight excluding hydrogens is 397 g/mol. The lowest BCUT2D eigenvalue weighted by atomic mass is 10.2. The quantitative estimate of drug-likeness (QED) is 0.385. The first-order chi connectivity index (χ1) is 12.9. The Labute approximate surface area is 163 Å². The summed E-state index contributed by atoms with van der Waals surface area (Å²) in [5.74, 6) is -2.95. The largest absolute Gasteiger partial charge is 0.481 e. The fourth-order valence-corrected chi connectivity index (χ4v) is 2.21. The molecule has 10 heteroatoms. The second kappa shape index (κ2) is 9.56. The summed E-state index contributed by atoms with van der Waals surface area (Å²) in [5.41, 5.74) is 2.64. The third-order valence-corrected chi connectivity index (χ3v) is 3.59. The SMILES string of the molecule is O=C(O)COc1ccc(Cl)cc1/C=N\NC(=O)C(=O)Nc1ccccc1Cl. The fraction of sp³-hybridized carbons (Fsp3) is 0.0588. The van der Waals surface area contributed by atoms with Crippen molar-refractivity contribution in [2.24, 2.45) is 5.10 Å². The number of ether oxygens (including phenoxy) is 1. The van der Waals surface area contributed by atoms with Crippen LogP contribution in [0.4, 0.5) is 5.69 Å². The molecule has 0 spiro atoms. The number of halogens is 2. The van der Waals surface area contributed by atoms with Crippen LogP contribution in [0, 0.1) is 0 Å². The maximum Gasteiger partial charge on any atom is 0.341 e. The number of carbonyl (C=O) groups is 3. The summed E-state index contributed by atoms with van der Waals surface area (Å²) in [6, 6.07) is 10.8. The van der Waals surface area contributed by atoms with Crippen molar-refractivity contribution in [3.05, 3.63) is 58.1 Å². The molecule has 27 heavy (non-hydrogen) atoms. The van der Waals surface area contributed by atoms with E-state index in [0.717, 1.165) is 0 Å². The van der Waals surface area contributed by atoms with Crippen molar-refractivity contribution in [1.29, 1.82) is 0 Å². The number of anilines is 1. The summed E-state index contributed by atoms with van der Waals surface area (Å²) in [6.45, 7) is -0.560. The second-order valence-corrected chi connectivity index (χ2v) is 5.84. The number of benzene rings is 2. The Hall–Kier alpha value is -3.10. The number of nitrogens with zero attached hydrogens (tertiary/aromatic N) is 1. The lowest BCUT2D eigenvalue weighted by molar-refractivity contribution is -0.139. The predicted molar refractivity (Wildman–Crippen MR) is 100 cm³/mol. The molecule has 0 aliphatic carbocycles. The molecule has 0 aliphatic rings. The Morgan fingerprint density at radius 3 is 2.56 bits per heavy atom. The van der Waals surface area contributed by atoms with Gasteiger partial charge in [-0.05, 0) is 30.3 Å². The number of aliphatic carboxylic acids is 1. The third kappa shape index (κ3) is 6.28. The van der Waals surface area contributed by atoms with Crippen molar-refractivity contribution in [1.82, 2.24) is 5.43 Å². The van der Waals surface area contributed by atoms with Gasteiger partial charge in [0, 0.05) is 10.6 Å². The number of carbonyl (C=O) groups excluding carboxylic acids is 2. The highest BCUT2D eigenvalue weighted by Gasteiger charge is 2.14. The molecule has 0 saturated heterocycles. The molecule has 0 bridgehead atoms. The molecule has 0 aliphatic heterocycles. The van der Waals surface area contributed by atoms with Crippen LogP contribution in [0.1, 0.15) is 5.56 Å². The topological polar surface area (TPSA) is 117 Å². The van der Waals surface area contributed by atoms with Crippen molar-refractivity contribution >= 4 is 52.9 Å². The summed E-state index contributed by atoms with van der Waals surface area (Å²) < 4.78 is 5.09. The standard InChI is InChI=1S/C17H13Cl2N3O5/c18-11-5-6-14(27-9-15(23)24)10(7-11)8-20-22-17(26)16(25)21-13-4-2-1-3-12(13)19/h1-8H,9H2,(H,21,25)(H,22,26)(H,23,24)/b20-8-. The Morgan fingerprint density at radius 2 is 1.85 bits per heavy atom. The summed E-state index contributed by atoms with van der Waals surface area (Å²) in [5, 5.41) is 15.3. The molecule has 0 atom stereocenters. The van der Waals surface area contributed by atoms with Crippen LogP contribution in [-0.2, 0) is 14.4 Å². The van der Waals surface area contributed by atoms with Gasteiger partial charge in [0.05, 0.1) is 16.9 Å². The highest BCUT2D eigenvalue weighted by Crippen LogP contribution is 2.21. The van der Waals surface area contributed by atoms with Crippen LogP contribution in [-0.4, -0.2) is 35.7 Å². The van der Waals surface area contributed by atoms with Gasteiger partial charge in [-0.2, -0.15) is 5.10 Å². The number of hydrogen-bond donors (Lipinski definition) is 3. The molecule has 0 unspecified atom stereocenters. The molecule has 2 amide bonds. The second-order valence-electron chi connectivity index (χ2n) is 5.00. The van der Waals surface area contributed by atoms with Gasteiger partial charge in [-0.15, -0.1) is 0 Å². The summed E-state index contributed by atoms with van der Waals surface area (Å²) in [4.78, 5) is 34.2. The Kier molecular flexibility index (Phi) is 7.16. The summed E-state index contributed by atoms with van der Waals surface area (Å²) in [7, 11) is 0. The van der Waals surface area contributed by atoms with E-state index in [1.165, 1.54) is 30.5 Å². The molecule has 0 radical (unpaired) electrons. The maximum absolute atomic E-state index is 11.8. The normalized spacial score (nSPS) is 10.4. The van der Waals surface area contributed by atoms with Gasteiger partial charge < -0.3 is 15.2 Å². The van der Waals surface area contributed by atoms with Gasteiger partial charge in [0.2, 0.25) is 0 Å². The van der Waals surface area contributed by atoms with E-state index in [-0.39, 0.29) is 16.5 Å². The van der Waals surface area contributed by atoms with Crippen LogP contribution in [0.2, 0.25) is 10.0 Å². The Balaban J connectivity index is 2.00. The molecule has 2 aromatic carbocycles. The minimum absolute atomic E-state index is 0.195. The van der Waals surface area contributed by atoms with Crippen molar-refractivity contribution in [3.8, 4) is 5.75 Å². The van der Waals surface area contributed by atoms with Crippen LogP contribution >= 0.6 is 23.2 Å². The van der Waals surface area contributed by atoms with E-state index in [1.54, 1.807) is 18.2 Å². The highest BCUT2D eigenvalue weighted by molar-refractivity contribution is 6.41. The number of hydrogen-bond acceptors (Lipinski definition) is 5. The summed E-state index contributed by atoms with van der Waals surface area (Å²) in [6.07, 6.45) is 1.17. The van der Waals surface area contributed by atoms with Crippen LogP contribution in [0.15, 0.2) is 47.6 Å². The minimum Gasteiger partial charge on any atom is -0.481 e. The van der Waals surface area contributed by atoms with Gasteiger partial charge in [0.1, 0.15) is 5.75 Å². The molecule has 2 aromatic rings. The highest BCUT2D eigenvalue weighted by atomic mass is 35.5. The molecule has 140 valence electrons. The Bertz CT molecular complexity index is 902. The van der Waals surface area contributed by atoms with Gasteiger partial charge in [-0.1, -0.05) is 35.3 Å².